The lowest BCUT2D eigenvalue weighted by Gasteiger charge is -2.21. The molecule has 0 aliphatic carbocycles. The fourth-order valence-electron chi connectivity index (χ4n) is 2.61. The lowest BCUT2D eigenvalue weighted by atomic mass is 9.92. The summed E-state index contributed by atoms with van der Waals surface area (Å²) in [5.74, 6) is -0.640. The van der Waals surface area contributed by atoms with Gasteiger partial charge in [-0.2, -0.15) is 0 Å². The molecule has 1 N–H and O–H groups in total. The minimum Gasteiger partial charge on any atom is -0.319 e. The number of amides is 3. The molecule has 2 aromatic rings. The molecule has 1 aliphatic heterocycles. The van der Waals surface area contributed by atoms with Crippen molar-refractivity contribution in [3.63, 3.8) is 0 Å². The van der Waals surface area contributed by atoms with Crippen LogP contribution < -0.4 is 5.32 Å². The number of nitrogens with zero attached hydrogens (tertiary/aromatic N) is 1. The summed E-state index contributed by atoms with van der Waals surface area (Å²) in [7, 11) is 0. The van der Waals surface area contributed by atoms with E-state index in [1.165, 1.54) is 11.3 Å². The molecule has 6 heteroatoms. The van der Waals surface area contributed by atoms with Crippen molar-refractivity contribution in [1.82, 2.24) is 10.2 Å². The van der Waals surface area contributed by atoms with Crippen LogP contribution in [0.2, 0.25) is 0 Å². The number of hydrogen-bond donors (Lipinski definition) is 1. The molecule has 1 saturated heterocycles. The normalized spacial score (nSPS) is 20.7. The number of thiophene rings is 1. The van der Waals surface area contributed by atoms with E-state index in [1.807, 2.05) is 31.2 Å². The van der Waals surface area contributed by atoms with Crippen LogP contribution >= 0.6 is 11.3 Å². The minimum absolute atomic E-state index is 0.232. The highest BCUT2D eigenvalue weighted by molar-refractivity contribution is 7.14. The lowest BCUT2D eigenvalue weighted by molar-refractivity contribution is -0.130. The van der Waals surface area contributed by atoms with Gasteiger partial charge >= 0.3 is 6.03 Å². The molecule has 3 amide bonds. The van der Waals surface area contributed by atoms with E-state index >= 15 is 0 Å². The van der Waals surface area contributed by atoms with E-state index in [0.29, 0.717) is 10.4 Å². The standard InChI is InChI=1S/C17H16N2O3S/c1-11-8-9-14(23-11)13(20)10-19-15(21)17(2,18-16(19)22)12-6-4-3-5-7-12/h3-9H,10H2,1-2H3,(H,18,22)/t17-/m0/s1. The summed E-state index contributed by atoms with van der Waals surface area (Å²) in [6.07, 6.45) is 0. The Labute approximate surface area is 137 Å². The Bertz CT molecular complexity index is 784. The molecule has 5 nitrogen and oxygen atoms in total. The van der Waals surface area contributed by atoms with Crippen molar-refractivity contribution in [2.45, 2.75) is 19.4 Å². The number of imide groups is 1. The van der Waals surface area contributed by atoms with Gasteiger partial charge in [-0.05, 0) is 31.5 Å². The predicted molar refractivity (Wildman–Crippen MR) is 87.4 cm³/mol. The number of aryl methyl sites for hydroxylation is 1. The smallest absolute Gasteiger partial charge is 0.319 e. The molecular formula is C17H16N2O3S. The average Bonchev–Trinajstić information content (AvgIpc) is 3.06. The third kappa shape index (κ3) is 2.66. The number of ketones is 1. The number of nitrogens with one attached hydrogen (secondary N) is 1. The van der Waals surface area contributed by atoms with Crippen LogP contribution in [0, 0.1) is 6.92 Å². The van der Waals surface area contributed by atoms with Crippen LogP contribution in [-0.2, 0) is 10.3 Å². The van der Waals surface area contributed by atoms with Gasteiger partial charge in [-0.1, -0.05) is 30.3 Å². The van der Waals surface area contributed by atoms with Gasteiger partial charge in [0.25, 0.3) is 5.91 Å². The van der Waals surface area contributed by atoms with Crippen molar-refractivity contribution in [3.8, 4) is 0 Å². The Hall–Kier alpha value is -2.47. The van der Waals surface area contributed by atoms with Crippen molar-refractivity contribution in [1.29, 1.82) is 0 Å². The third-order valence-electron chi connectivity index (χ3n) is 3.94. The number of hydrogen-bond acceptors (Lipinski definition) is 4. The highest BCUT2D eigenvalue weighted by Crippen LogP contribution is 2.29. The molecule has 1 aromatic heterocycles. The molecule has 1 aliphatic rings. The molecule has 0 unspecified atom stereocenters. The number of rotatable bonds is 4. The molecule has 118 valence electrons. The van der Waals surface area contributed by atoms with Crippen LogP contribution in [0.3, 0.4) is 0 Å². The SMILES string of the molecule is Cc1ccc(C(=O)CN2C(=O)N[C@@](C)(c3ccccc3)C2=O)s1. The van der Waals surface area contributed by atoms with E-state index in [-0.39, 0.29) is 12.3 Å². The van der Waals surface area contributed by atoms with E-state index < -0.39 is 17.5 Å². The molecule has 2 heterocycles. The number of benzene rings is 1. The summed E-state index contributed by atoms with van der Waals surface area (Å²) in [5, 5.41) is 2.70. The second-order valence-corrected chi connectivity index (χ2v) is 6.93. The summed E-state index contributed by atoms with van der Waals surface area (Å²) >= 11 is 1.36. The average molecular weight is 328 g/mol. The van der Waals surface area contributed by atoms with Crippen molar-refractivity contribution < 1.29 is 14.4 Å². The second-order valence-electron chi connectivity index (χ2n) is 5.65. The van der Waals surface area contributed by atoms with Crippen molar-refractivity contribution in [3.05, 3.63) is 57.8 Å². The van der Waals surface area contributed by atoms with Crippen LogP contribution in [0.25, 0.3) is 0 Å². The molecule has 0 bridgehead atoms. The highest BCUT2D eigenvalue weighted by atomic mass is 32.1. The Balaban J connectivity index is 1.83. The Kier molecular flexibility index (Phi) is 3.77. The zero-order chi connectivity index (χ0) is 16.6. The van der Waals surface area contributed by atoms with Gasteiger partial charge in [0, 0.05) is 4.88 Å². The van der Waals surface area contributed by atoms with Gasteiger partial charge in [-0.15, -0.1) is 11.3 Å². The number of carbonyl (C=O) groups excluding carboxylic acids is 3. The topological polar surface area (TPSA) is 66.5 Å². The summed E-state index contributed by atoms with van der Waals surface area (Å²) in [6, 6.07) is 12.1. The second kappa shape index (κ2) is 5.62. The monoisotopic (exact) mass is 328 g/mol. The first-order chi connectivity index (χ1) is 10.9. The maximum Gasteiger partial charge on any atom is 0.325 e. The summed E-state index contributed by atoms with van der Waals surface area (Å²) in [5.41, 5.74) is -0.440. The number of urea groups is 1. The molecule has 0 spiro atoms. The van der Waals surface area contributed by atoms with E-state index in [2.05, 4.69) is 5.32 Å². The summed E-state index contributed by atoms with van der Waals surface area (Å²) in [6.45, 7) is 3.32. The molecule has 1 atom stereocenters. The van der Waals surface area contributed by atoms with E-state index in [0.717, 1.165) is 9.78 Å². The van der Waals surface area contributed by atoms with Crippen LogP contribution in [0.1, 0.15) is 27.0 Å². The maximum atomic E-state index is 12.7. The van der Waals surface area contributed by atoms with Gasteiger partial charge in [0.05, 0.1) is 11.4 Å². The van der Waals surface area contributed by atoms with Crippen molar-refractivity contribution >= 4 is 29.1 Å². The van der Waals surface area contributed by atoms with E-state index in [4.69, 9.17) is 0 Å². The van der Waals surface area contributed by atoms with Crippen LogP contribution in [0.15, 0.2) is 42.5 Å². The number of carbonyl (C=O) groups is 3. The van der Waals surface area contributed by atoms with Crippen LogP contribution in [0.5, 0.6) is 0 Å². The molecule has 0 saturated carbocycles. The lowest BCUT2D eigenvalue weighted by Crippen LogP contribution is -2.41. The van der Waals surface area contributed by atoms with Crippen LogP contribution in [0.4, 0.5) is 4.79 Å². The zero-order valence-corrected chi connectivity index (χ0v) is 13.6. The first kappa shape index (κ1) is 15.4. The number of Topliss-reactive ketones (excluding diaryl/α,β-unsaturated/α-hetero) is 1. The van der Waals surface area contributed by atoms with Crippen molar-refractivity contribution in [2.75, 3.05) is 6.54 Å². The molecule has 23 heavy (non-hydrogen) atoms. The third-order valence-corrected chi connectivity index (χ3v) is 4.98. The van der Waals surface area contributed by atoms with Gasteiger partial charge in [0.15, 0.2) is 5.78 Å². The van der Waals surface area contributed by atoms with E-state index in [1.54, 1.807) is 25.1 Å². The van der Waals surface area contributed by atoms with E-state index in [9.17, 15) is 14.4 Å². The Morgan fingerprint density at radius 3 is 2.48 bits per heavy atom. The highest BCUT2D eigenvalue weighted by Gasteiger charge is 2.49. The van der Waals surface area contributed by atoms with Gasteiger partial charge < -0.3 is 5.32 Å². The zero-order valence-electron chi connectivity index (χ0n) is 12.8. The van der Waals surface area contributed by atoms with Gasteiger partial charge in [0.1, 0.15) is 5.54 Å². The first-order valence-electron chi connectivity index (χ1n) is 7.21. The first-order valence-corrected chi connectivity index (χ1v) is 8.03. The van der Waals surface area contributed by atoms with Gasteiger partial charge in [-0.25, -0.2) is 4.79 Å². The molecular weight excluding hydrogens is 312 g/mol. The summed E-state index contributed by atoms with van der Waals surface area (Å²) in [4.78, 5) is 39.7. The fourth-order valence-corrected chi connectivity index (χ4v) is 3.41. The Morgan fingerprint density at radius 1 is 1.17 bits per heavy atom. The molecule has 1 aromatic carbocycles. The predicted octanol–water partition coefficient (Wildman–Crippen LogP) is 2.71. The molecule has 1 fully saturated rings. The van der Waals surface area contributed by atoms with Crippen molar-refractivity contribution in [2.24, 2.45) is 0 Å². The maximum absolute atomic E-state index is 12.7. The summed E-state index contributed by atoms with van der Waals surface area (Å²) < 4.78 is 0. The Morgan fingerprint density at radius 2 is 1.87 bits per heavy atom. The quantitative estimate of drug-likeness (QED) is 0.693. The van der Waals surface area contributed by atoms with Gasteiger partial charge in [-0.3, -0.25) is 14.5 Å². The van der Waals surface area contributed by atoms with Gasteiger partial charge in [0.2, 0.25) is 0 Å². The molecule has 3 rings (SSSR count). The fraction of sp³-hybridized carbons (Fsp3) is 0.235. The van der Waals surface area contributed by atoms with Crippen LogP contribution in [-0.4, -0.2) is 29.2 Å². The molecule has 0 radical (unpaired) electrons. The minimum atomic E-state index is -1.13. The largest absolute Gasteiger partial charge is 0.325 e.